The maximum absolute atomic E-state index is 14.3. The fourth-order valence-corrected chi connectivity index (χ4v) is 7.40. The van der Waals surface area contributed by atoms with Gasteiger partial charge in [-0.15, -0.1) is 0 Å². The van der Waals surface area contributed by atoms with Gasteiger partial charge in [-0.25, -0.2) is 0 Å². The van der Waals surface area contributed by atoms with E-state index in [2.05, 4.69) is 10.6 Å². The van der Waals surface area contributed by atoms with Gasteiger partial charge < -0.3 is 29.7 Å². The third-order valence-electron chi connectivity index (χ3n) is 9.41. The number of anilines is 1. The highest BCUT2D eigenvalue weighted by molar-refractivity contribution is 6.31. The molecule has 1 spiro atoms. The number of aryl methyl sites for hydroxylation is 1. The third kappa shape index (κ3) is 5.27. The quantitative estimate of drug-likeness (QED) is 0.408. The van der Waals surface area contributed by atoms with E-state index in [0.717, 1.165) is 43.2 Å². The van der Waals surface area contributed by atoms with Crippen molar-refractivity contribution in [2.45, 2.75) is 69.2 Å². The van der Waals surface area contributed by atoms with Gasteiger partial charge in [0.05, 0.1) is 32.2 Å². The molecule has 0 unspecified atom stereocenters. The van der Waals surface area contributed by atoms with E-state index < -0.39 is 29.6 Å². The number of benzene rings is 2. The second kappa shape index (κ2) is 11.8. The number of halogens is 1. The van der Waals surface area contributed by atoms with Crippen molar-refractivity contribution in [3.05, 3.63) is 64.7 Å². The number of carbonyl (C=O) groups is 3. The average molecular weight is 608 g/mol. The average Bonchev–Trinajstić information content (AvgIpc) is 3.65. The minimum Gasteiger partial charge on any atom is -0.493 e. The second-order valence-corrected chi connectivity index (χ2v) is 12.4. The van der Waals surface area contributed by atoms with Crippen molar-refractivity contribution in [2.24, 2.45) is 11.8 Å². The van der Waals surface area contributed by atoms with Gasteiger partial charge in [-0.1, -0.05) is 55.1 Å². The molecule has 2 aromatic rings. The van der Waals surface area contributed by atoms with Gasteiger partial charge >= 0.3 is 0 Å². The first-order valence-corrected chi connectivity index (χ1v) is 15.4. The van der Waals surface area contributed by atoms with E-state index in [1.54, 1.807) is 31.3 Å². The van der Waals surface area contributed by atoms with Gasteiger partial charge in [-0.05, 0) is 61.6 Å². The summed E-state index contributed by atoms with van der Waals surface area (Å²) in [5.74, 6) is -1.22. The Hall–Kier alpha value is -3.56. The van der Waals surface area contributed by atoms with Crippen molar-refractivity contribution in [1.29, 1.82) is 0 Å². The van der Waals surface area contributed by atoms with E-state index in [9.17, 15) is 14.4 Å². The van der Waals surface area contributed by atoms with Crippen LogP contribution in [-0.2, 0) is 25.5 Å². The van der Waals surface area contributed by atoms with Crippen LogP contribution in [0.3, 0.4) is 0 Å². The molecule has 228 valence electrons. The summed E-state index contributed by atoms with van der Waals surface area (Å²) in [5, 5.41) is 6.71. The largest absolute Gasteiger partial charge is 0.493 e. The van der Waals surface area contributed by atoms with Gasteiger partial charge in [0.25, 0.3) is 0 Å². The number of hydrogen-bond donors (Lipinski definition) is 2. The van der Waals surface area contributed by atoms with E-state index in [-0.39, 0.29) is 30.3 Å². The SMILES string of the molecule is COc1ccc(CCN2C(=O)[C@H]3[C@H](C(=O)Nc4ccc(C)c(Cl)c4)[C@H]4C=C[C@@]3(O4)[C@H]2C(=O)NC2CCCCC2)cc1OC. The molecule has 4 aliphatic rings. The molecule has 2 aromatic carbocycles. The molecular formula is C33H38ClN3O6. The zero-order chi connectivity index (χ0) is 30.3. The van der Waals surface area contributed by atoms with Gasteiger partial charge in [0.1, 0.15) is 11.6 Å². The van der Waals surface area contributed by atoms with Gasteiger partial charge in [0.15, 0.2) is 11.5 Å². The Morgan fingerprint density at radius 2 is 1.81 bits per heavy atom. The first kappa shape index (κ1) is 29.5. The molecule has 3 heterocycles. The van der Waals surface area contributed by atoms with Crippen molar-refractivity contribution in [3.63, 3.8) is 0 Å². The number of likely N-dealkylation sites (tertiary alicyclic amines) is 1. The summed E-state index contributed by atoms with van der Waals surface area (Å²) >= 11 is 6.30. The van der Waals surface area contributed by atoms with Crippen LogP contribution in [0.5, 0.6) is 11.5 Å². The normalized spacial score (nSPS) is 27.7. The Morgan fingerprint density at radius 1 is 1.05 bits per heavy atom. The van der Waals surface area contributed by atoms with E-state index >= 15 is 0 Å². The Bertz CT molecular complexity index is 1460. The number of methoxy groups -OCH3 is 2. The second-order valence-electron chi connectivity index (χ2n) is 12.0. The molecule has 10 heteroatoms. The maximum atomic E-state index is 14.3. The molecule has 5 atom stereocenters. The number of fused-ring (bicyclic) bond motifs is 1. The van der Waals surface area contributed by atoms with Gasteiger partial charge in [-0.2, -0.15) is 0 Å². The zero-order valence-electron chi connectivity index (χ0n) is 24.7. The number of hydrogen-bond acceptors (Lipinski definition) is 6. The van der Waals surface area contributed by atoms with Crippen LogP contribution in [0.4, 0.5) is 5.69 Å². The summed E-state index contributed by atoms with van der Waals surface area (Å²) < 4.78 is 17.3. The molecule has 3 fully saturated rings. The number of nitrogens with zero attached hydrogens (tertiary/aromatic N) is 1. The van der Waals surface area contributed by atoms with Crippen LogP contribution in [0.1, 0.15) is 43.2 Å². The molecule has 1 aliphatic carbocycles. The monoisotopic (exact) mass is 607 g/mol. The van der Waals surface area contributed by atoms with Crippen LogP contribution >= 0.6 is 11.6 Å². The van der Waals surface area contributed by atoms with Crippen LogP contribution in [0, 0.1) is 18.8 Å². The molecular weight excluding hydrogens is 570 g/mol. The Balaban J connectivity index is 1.29. The van der Waals surface area contributed by atoms with Gasteiger partial charge in [0, 0.05) is 23.3 Å². The molecule has 43 heavy (non-hydrogen) atoms. The molecule has 0 aromatic heterocycles. The lowest BCUT2D eigenvalue weighted by atomic mass is 9.74. The van der Waals surface area contributed by atoms with E-state index in [1.165, 1.54) is 0 Å². The molecule has 3 aliphatic heterocycles. The predicted molar refractivity (Wildman–Crippen MR) is 162 cm³/mol. The summed E-state index contributed by atoms with van der Waals surface area (Å²) in [5.41, 5.74) is 1.15. The first-order chi connectivity index (χ1) is 20.8. The molecule has 3 amide bonds. The maximum Gasteiger partial charge on any atom is 0.246 e. The molecule has 2 saturated heterocycles. The molecule has 2 bridgehead atoms. The van der Waals surface area contributed by atoms with Crippen LogP contribution in [-0.4, -0.2) is 67.2 Å². The highest BCUT2D eigenvalue weighted by Gasteiger charge is 2.72. The third-order valence-corrected chi connectivity index (χ3v) is 9.81. The van der Waals surface area contributed by atoms with Crippen LogP contribution < -0.4 is 20.1 Å². The predicted octanol–water partition coefficient (Wildman–Crippen LogP) is 4.45. The highest BCUT2D eigenvalue weighted by atomic mass is 35.5. The summed E-state index contributed by atoms with van der Waals surface area (Å²) in [6.07, 6.45) is 8.67. The fourth-order valence-electron chi connectivity index (χ4n) is 7.22. The molecule has 6 rings (SSSR count). The molecule has 0 radical (unpaired) electrons. The van der Waals surface area contributed by atoms with Crippen LogP contribution in [0.15, 0.2) is 48.6 Å². The zero-order valence-corrected chi connectivity index (χ0v) is 25.5. The van der Waals surface area contributed by atoms with Crippen molar-refractivity contribution in [1.82, 2.24) is 10.2 Å². The van der Waals surface area contributed by atoms with E-state index in [0.29, 0.717) is 28.6 Å². The highest BCUT2D eigenvalue weighted by Crippen LogP contribution is 2.55. The van der Waals surface area contributed by atoms with E-state index in [1.807, 2.05) is 43.3 Å². The number of ether oxygens (including phenoxy) is 3. The number of amides is 3. The Kier molecular flexibility index (Phi) is 8.13. The summed E-state index contributed by atoms with van der Waals surface area (Å²) in [7, 11) is 3.16. The minimum absolute atomic E-state index is 0.0625. The standard InChI is InChI=1S/C33H38ClN3O6/c1-19-9-11-22(18-23(19)34)36-30(38)27-25-13-15-33(43-25)28(27)32(40)37(29(33)31(39)35-21-7-5-4-6-8-21)16-14-20-10-12-24(41-2)26(17-20)42-3/h9-13,15,17-18,21,25,27-29H,4-8,14,16H2,1-3H3,(H,35,39)(H,36,38)/t25-,27-,28-,29-,33+/m1/s1. The first-order valence-electron chi connectivity index (χ1n) is 15.0. The topological polar surface area (TPSA) is 106 Å². The lowest BCUT2D eigenvalue weighted by Gasteiger charge is -2.34. The summed E-state index contributed by atoms with van der Waals surface area (Å²) in [6.45, 7) is 2.16. The Morgan fingerprint density at radius 3 is 2.53 bits per heavy atom. The Labute approximate surface area is 256 Å². The minimum atomic E-state index is -1.22. The summed E-state index contributed by atoms with van der Waals surface area (Å²) in [6, 6.07) is 10.1. The number of nitrogens with one attached hydrogen (secondary N) is 2. The number of rotatable bonds is 9. The number of carbonyl (C=O) groups excluding carboxylic acids is 3. The van der Waals surface area contributed by atoms with Gasteiger partial charge in [-0.3, -0.25) is 14.4 Å². The molecule has 1 saturated carbocycles. The van der Waals surface area contributed by atoms with Crippen molar-refractivity contribution in [3.8, 4) is 11.5 Å². The van der Waals surface area contributed by atoms with Crippen molar-refractivity contribution in [2.75, 3.05) is 26.1 Å². The summed E-state index contributed by atoms with van der Waals surface area (Å²) in [4.78, 5) is 43.7. The molecule has 9 nitrogen and oxygen atoms in total. The smallest absolute Gasteiger partial charge is 0.246 e. The van der Waals surface area contributed by atoms with Crippen LogP contribution in [0.25, 0.3) is 0 Å². The molecule has 2 N–H and O–H groups in total. The lowest BCUT2D eigenvalue weighted by molar-refractivity contribution is -0.141. The van der Waals surface area contributed by atoms with Crippen molar-refractivity contribution >= 4 is 35.0 Å². The lowest BCUT2D eigenvalue weighted by Crippen LogP contribution is -2.56. The van der Waals surface area contributed by atoms with Gasteiger partial charge in [0.2, 0.25) is 17.7 Å². The van der Waals surface area contributed by atoms with E-state index in [4.69, 9.17) is 25.8 Å². The fraction of sp³-hybridized carbons (Fsp3) is 0.485. The van der Waals surface area contributed by atoms with Crippen molar-refractivity contribution < 1.29 is 28.6 Å². The van der Waals surface area contributed by atoms with Crippen LogP contribution in [0.2, 0.25) is 5.02 Å².